The van der Waals surface area contributed by atoms with E-state index in [4.69, 9.17) is 20.1 Å². The van der Waals surface area contributed by atoms with Crippen molar-refractivity contribution in [2.75, 3.05) is 52.7 Å². The SMILES string of the molecule is CCCCCCCCCCCCCCCC(=O)N[C@@H](CCC(=O)NCCOCCOCCOCCNNN)C(=O)O. The van der Waals surface area contributed by atoms with E-state index in [0.29, 0.717) is 59.2 Å². The Morgan fingerprint density at radius 1 is 0.659 bits per heavy atom. The van der Waals surface area contributed by atoms with Crippen molar-refractivity contribution < 1.29 is 33.7 Å². The zero-order chi connectivity index (χ0) is 30.2. The molecule has 1 atom stereocenters. The molecule has 0 aliphatic heterocycles. The Kier molecular flexibility index (Phi) is 29.7. The Morgan fingerprint density at radius 3 is 1.66 bits per heavy atom. The second-order valence-electron chi connectivity index (χ2n) is 10.2. The average molecular weight is 590 g/mol. The van der Waals surface area contributed by atoms with Crippen molar-refractivity contribution in [3.05, 3.63) is 0 Å². The van der Waals surface area contributed by atoms with Crippen LogP contribution in [-0.4, -0.2) is 81.7 Å². The van der Waals surface area contributed by atoms with Gasteiger partial charge < -0.3 is 30.0 Å². The molecule has 12 heteroatoms. The molecule has 0 saturated heterocycles. The number of nitrogens with two attached hydrogens (primary N) is 1. The molecule has 0 aliphatic carbocycles. The summed E-state index contributed by atoms with van der Waals surface area (Å²) < 4.78 is 16.1. The van der Waals surface area contributed by atoms with E-state index in [-0.39, 0.29) is 24.7 Å². The second kappa shape index (κ2) is 31.1. The van der Waals surface area contributed by atoms with Gasteiger partial charge in [0.05, 0.1) is 39.6 Å². The molecule has 0 aromatic carbocycles. The van der Waals surface area contributed by atoms with Gasteiger partial charge in [0.1, 0.15) is 6.04 Å². The van der Waals surface area contributed by atoms with Gasteiger partial charge in [0.2, 0.25) is 11.8 Å². The van der Waals surface area contributed by atoms with Crippen LogP contribution < -0.4 is 27.4 Å². The molecule has 242 valence electrons. The zero-order valence-corrected chi connectivity index (χ0v) is 25.5. The highest BCUT2D eigenvalue weighted by atomic mass is 16.5. The Hall–Kier alpha value is -1.83. The fourth-order valence-corrected chi connectivity index (χ4v) is 4.19. The number of hydrogen-bond acceptors (Lipinski definition) is 9. The maximum atomic E-state index is 12.2. The number of carbonyl (C=O) groups is 3. The van der Waals surface area contributed by atoms with E-state index >= 15 is 0 Å². The lowest BCUT2D eigenvalue weighted by Crippen LogP contribution is -2.41. The molecule has 7 N–H and O–H groups in total. The molecule has 41 heavy (non-hydrogen) atoms. The van der Waals surface area contributed by atoms with Gasteiger partial charge in [-0.15, -0.1) is 0 Å². The monoisotopic (exact) mass is 589 g/mol. The fraction of sp³-hybridized carbons (Fsp3) is 0.897. The lowest BCUT2D eigenvalue weighted by molar-refractivity contribution is -0.142. The zero-order valence-electron chi connectivity index (χ0n) is 25.5. The number of aliphatic carboxylic acids is 1. The summed E-state index contributed by atoms with van der Waals surface area (Å²) in [5.41, 5.74) is 5.01. The van der Waals surface area contributed by atoms with E-state index in [1.807, 2.05) is 0 Å². The largest absolute Gasteiger partial charge is 0.480 e. The third-order valence-corrected chi connectivity index (χ3v) is 6.59. The van der Waals surface area contributed by atoms with Crippen LogP contribution in [-0.2, 0) is 28.6 Å². The van der Waals surface area contributed by atoms with E-state index in [9.17, 15) is 19.5 Å². The van der Waals surface area contributed by atoms with Crippen LogP contribution in [0.15, 0.2) is 0 Å². The van der Waals surface area contributed by atoms with Gasteiger partial charge in [-0.05, 0) is 12.8 Å². The van der Waals surface area contributed by atoms with Crippen molar-refractivity contribution in [1.29, 1.82) is 0 Å². The van der Waals surface area contributed by atoms with Crippen LogP contribution in [0.5, 0.6) is 0 Å². The number of carboxylic acids is 1. The Morgan fingerprint density at radius 2 is 1.15 bits per heavy atom. The second-order valence-corrected chi connectivity index (χ2v) is 10.2. The topological polar surface area (TPSA) is 173 Å². The highest BCUT2D eigenvalue weighted by Crippen LogP contribution is 2.13. The number of ether oxygens (including phenoxy) is 3. The smallest absolute Gasteiger partial charge is 0.326 e. The quantitative estimate of drug-likeness (QED) is 0.0389. The molecule has 0 fully saturated rings. The predicted octanol–water partition coefficient (Wildman–Crippen LogP) is 2.95. The Bertz CT molecular complexity index is 628. The van der Waals surface area contributed by atoms with Crippen LogP contribution in [0, 0.1) is 0 Å². The van der Waals surface area contributed by atoms with Crippen LogP contribution in [0.1, 0.15) is 110 Å². The first-order chi connectivity index (χ1) is 20.0. The van der Waals surface area contributed by atoms with E-state index < -0.39 is 12.0 Å². The number of nitrogens with one attached hydrogen (secondary N) is 4. The minimum atomic E-state index is -1.13. The Labute approximate surface area is 247 Å². The molecule has 0 heterocycles. The molecule has 0 spiro atoms. The van der Waals surface area contributed by atoms with Gasteiger partial charge in [-0.1, -0.05) is 84.0 Å². The number of unbranched alkanes of at least 4 members (excludes halogenated alkanes) is 12. The highest BCUT2D eigenvalue weighted by Gasteiger charge is 2.20. The Balaban J connectivity index is 3.66. The van der Waals surface area contributed by atoms with E-state index in [1.165, 1.54) is 64.2 Å². The summed E-state index contributed by atoms with van der Waals surface area (Å²) in [7, 11) is 0. The normalized spacial score (nSPS) is 11.9. The molecule has 0 rings (SSSR count). The minimum Gasteiger partial charge on any atom is -0.480 e. The summed E-state index contributed by atoms with van der Waals surface area (Å²) in [5.74, 6) is 3.38. The number of carboxylic acid groups (broad SMARTS) is 1. The number of amides is 2. The summed E-state index contributed by atoms with van der Waals surface area (Å²) >= 11 is 0. The number of hydrazine groups is 2. The lowest BCUT2D eigenvalue weighted by atomic mass is 10.0. The van der Waals surface area contributed by atoms with Crippen molar-refractivity contribution >= 4 is 17.8 Å². The molecule has 2 amide bonds. The number of rotatable bonds is 32. The molecule has 0 aliphatic rings. The summed E-state index contributed by atoms with van der Waals surface area (Å²) in [4.78, 5) is 35.8. The summed E-state index contributed by atoms with van der Waals surface area (Å²) in [6.45, 7) is 5.72. The molecule has 0 saturated carbocycles. The maximum absolute atomic E-state index is 12.2. The minimum absolute atomic E-state index is 0.00988. The molecule has 0 unspecified atom stereocenters. The van der Waals surface area contributed by atoms with Crippen molar-refractivity contribution in [2.24, 2.45) is 5.84 Å². The lowest BCUT2D eigenvalue weighted by Gasteiger charge is -2.14. The van der Waals surface area contributed by atoms with Gasteiger partial charge in [0.15, 0.2) is 0 Å². The van der Waals surface area contributed by atoms with Crippen LogP contribution >= 0.6 is 0 Å². The first-order valence-corrected chi connectivity index (χ1v) is 15.7. The number of hydrogen-bond donors (Lipinski definition) is 6. The first kappa shape index (κ1) is 39.2. The molecule has 0 radical (unpaired) electrons. The molecule has 12 nitrogen and oxygen atoms in total. The van der Waals surface area contributed by atoms with Gasteiger partial charge in [0, 0.05) is 25.9 Å². The number of carbonyl (C=O) groups excluding carboxylic acids is 2. The summed E-state index contributed by atoms with van der Waals surface area (Å²) in [6, 6.07) is -1.07. The third-order valence-electron chi connectivity index (χ3n) is 6.59. The summed E-state index contributed by atoms with van der Waals surface area (Å²) in [6.07, 6.45) is 16.3. The van der Waals surface area contributed by atoms with Crippen LogP contribution in [0.4, 0.5) is 0 Å². The van der Waals surface area contributed by atoms with E-state index in [0.717, 1.165) is 19.3 Å². The van der Waals surface area contributed by atoms with Crippen molar-refractivity contribution in [3.8, 4) is 0 Å². The highest BCUT2D eigenvalue weighted by molar-refractivity contribution is 5.84. The molecule has 0 bridgehead atoms. The molecular weight excluding hydrogens is 530 g/mol. The predicted molar refractivity (Wildman–Crippen MR) is 160 cm³/mol. The fourth-order valence-electron chi connectivity index (χ4n) is 4.19. The first-order valence-electron chi connectivity index (χ1n) is 15.7. The van der Waals surface area contributed by atoms with Crippen molar-refractivity contribution in [3.63, 3.8) is 0 Å². The van der Waals surface area contributed by atoms with Crippen LogP contribution in [0.25, 0.3) is 0 Å². The van der Waals surface area contributed by atoms with Gasteiger partial charge in [-0.25, -0.2) is 10.2 Å². The van der Waals surface area contributed by atoms with Gasteiger partial charge in [-0.3, -0.25) is 15.4 Å². The van der Waals surface area contributed by atoms with Gasteiger partial charge >= 0.3 is 5.97 Å². The van der Waals surface area contributed by atoms with E-state index in [1.54, 1.807) is 0 Å². The van der Waals surface area contributed by atoms with Crippen LogP contribution in [0.3, 0.4) is 0 Å². The van der Waals surface area contributed by atoms with Crippen molar-refractivity contribution in [2.45, 2.75) is 116 Å². The molecule has 0 aromatic rings. The standard InChI is InChI=1S/C29H59N5O7/c1-2-3-4-5-6-7-8-9-10-11-12-13-14-15-28(36)33-26(29(37)38)16-17-27(35)31-18-20-39-22-24-41-25-23-40-21-19-32-34-30/h26,32,34H,2-25,30H2,1H3,(H,31,35)(H,33,36)(H,37,38)/t26-/m0/s1. The third kappa shape index (κ3) is 29.5. The molecule has 0 aromatic heterocycles. The van der Waals surface area contributed by atoms with Crippen molar-refractivity contribution in [1.82, 2.24) is 21.6 Å². The average Bonchev–Trinajstić information content (AvgIpc) is 2.95. The van der Waals surface area contributed by atoms with E-state index in [2.05, 4.69) is 28.5 Å². The van der Waals surface area contributed by atoms with Gasteiger partial charge in [-0.2, -0.15) is 5.53 Å². The van der Waals surface area contributed by atoms with Gasteiger partial charge in [0.25, 0.3) is 0 Å². The van der Waals surface area contributed by atoms with Crippen LogP contribution in [0.2, 0.25) is 0 Å². The maximum Gasteiger partial charge on any atom is 0.326 e. The summed E-state index contributed by atoms with van der Waals surface area (Å²) in [5, 5.41) is 14.7. The molecular formula is C29H59N5O7.